The highest BCUT2D eigenvalue weighted by molar-refractivity contribution is 7.99. The molecule has 0 amide bonds. The van der Waals surface area contributed by atoms with Crippen LogP contribution in [0.5, 0.6) is 0 Å². The molecule has 0 radical (unpaired) electrons. The lowest BCUT2D eigenvalue weighted by Gasteiger charge is -2.09. The summed E-state index contributed by atoms with van der Waals surface area (Å²) in [6.07, 6.45) is 3.30. The van der Waals surface area contributed by atoms with Crippen LogP contribution in [0.25, 0.3) is 0 Å². The fourth-order valence-corrected chi connectivity index (χ4v) is 3.44. The zero-order valence-corrected chi connectivity index (χ0v) is 7.63. The summed E-state index contributed by atoms with van der Waals surface area (Å²) in [5.41, 5.74) is 1.29. The molecule has 0 bridgehead atoms. The van der Waals surface area contributed by atoms with Gasteiger partial charge < -0.3 is 0 Å². The summed E-state index contributed by atoms with van der Waals surface area (Å²) in [4.78, 5) is 12.8. The predicted octanol–water partition coefficient (Wildman–Crippen LogP) is 2.60. The molecule has 58 valence electrons. The third-order valence-corrected chi connectivity index (χ3v) is 4.09. The van der Waals surface area contributed by atoms with Crippen LogP contribution in [0.4, 0.5) is 0 Å². The number of aldehydes is 1. The van der Waals surface area contributed by atoms with E-state index in [1.807, 2.05) is 11.8 Å². The quantitative estimate of drug-likeness (QED) is 0.624. The SMILES string of the molecule is O=Cc1scc2c1CCCS2. The first-order valence-electron chi connectivity index (χ1n) is 3.60. The Labute approximate surface area is 73.8 Å². The lowest BCUT2D eigenvalue weighted by Crippen LogP contribution is -1.97. The van der Waals surface area contributed by atoms with Gasteiger partial charge in [-0.05, 0) is 24.2 Å². The molecular weight excluding hydrogens is 176 g/mol. The Morgan fingerprint density at radius 1 is 1.55 bits per heavy atom. The van der Waals surface area contributed by atoms with Crippen molar-refractivity contribution in [2.45, 2.75) is 17.7 Å². The number of hydrogen-bond acceptors (Lipinski definition) is 3. The molecule has 2 heterocycles. The van der Waals surface area contributed by atoms with E-state index in [1.54, 1.807) is 11.3 Å². The molecule has 0 unspecified atom stereocenters. The van der Waals surface area contributed by atoms with E-state index in [-0.39, 0.29) is 0 Å². The molecule has 1 aromatic heterocycles. The minimum absolute atomic E-state index is 0.937. The standard InChI is InChI=1S/C8H8OS2/c9-4-7-6-2-1-3-10-8(6)5-11-7/h4-5H,1-3H2. The lowest BCUT2D eigenvalue weighted by atomic mass is 10.1. The van der Waals surface area contributed by atoms with Gasteiger partial charge in [-0.25, -0.2) is 0 Å². The smallest absolute Gasteiger partial charge is 0.160 e. The summed E-state index contributed by atoms with van der Waals surface area (Å²) < 4.78 is 0. The van der Waals surface area contributed by atoms with Crippen LogP contribution in [0, 0.1) is 0 Å². The van der Waals surface area contributed by atoms with Gasteiger partial charge in [0.25, 0.3) is 0 Å². The van der Waals surface area contributed by atoms with Gasteiger partial charge in [0.1, 0.15) is 0 Å². The van der Waals surface area contributed by atoms with Crippen molar-refractivity contribution < 1.29 is 4.79 Å². The van der Waals surface area contributed by atoms with Crippen LogP contribution in [0.1, 0.15) is 21.7 Å². The highest BCUT2D eigenvalue weighted by atomic mass is 32.2. The van der Waals surface area contributed by atoms with Crippen LogP contribution in [0.15, 0.2) is 10.3 Å². The number of hydrogen-bond donors (Lipinski definition) is 0. The second kappa shape index (κ2) is 2.99. The summed E-state index contributed by atoms with van der Waals surface area (Å²) in [5, 5.41) is 2.10. The molecule has 1 aromatic rings. The first-order valence-corrected chi connectivity index (χ1v) is 5.46. The molecule has 0 atom stereocenters. The summed E-state index contributed by atoms with van der Waals surface area (Å²) >= 11 is 3.45. The van der Waals surface area contributed by atoms with Gasteiger partial charge in [0.2, 0.25) is 0 Å². The molecule has 11 heavy (non-hydrogen) atoms. The molecule has 0 fully saturated rings. The Balaban J connectivity index is 2.45. The molecule has 0 N–H and O–H groups in total. The van der Waals surface area contributed by atoms with Crippen molar-refractivity contribution in [3.8, 4) is 0 Å². The maximum Gasteiger partial charge on any atom is 0.160 e. The number of carbonyl (C=O) groups is 1. The highest BCUT2D eigenvalue weighted by Crippen LogP contribution is 2.35. The minimum atomic E-state index is 0.937. The molecule has 0 saturated carbocycles. The molecule has 0 aliphatic carbocycles. The van der Waals surface area contributed by atoms with E-state index in [1.165, 1.54) is 22.6 Å². The van der Waals surface area contributed by atoms with Gasteiger partial charge in [-0.1, -0.05) is 0 Å². The van der Waals surface area contributed by atoms with Crippen LogP contribution in [-0.2, 0) is 6.42 Å². The Morgan fingerprint density at radius 3 is 3.27 bits per heavy atom. The van der Waals surface area contributed by atoms with Gasteiger partial charge in [0.05, 0.1) is 4.88 Å². The minimum Gasteiger partial charge on any atom is -0.297 e. The average molecular weight is 184 g/mol. The second-order valence-electron chi connectivity index (χ2n) is 2.51. The van der Waals surface area contributed by atoms with Crippen molar-refractivity contribution in [1.29, 1.82) is 0 Å². The fourth-order valence-electron chi connectivity index (χ4n) is 1.28. The summed E-state index contributed by atoms with van der Waals surface area (Å²) in [6.45, 7) is 0. The van der Waals surface area contributed by atoms with Crippen molar-refractivity contribution in [2.24, 2.45) is 0 Å². The van der Waals surface area contributed by atoms with Crippen LogP contribution in [0.2, 0.25) is 0 Å². The lowest BCUT2D eigenvalue weighted by molar-refractivity contribution is 0.112. The number of carbonyl (C=O) groups excluding carboxylic acids is 1. The monoisotopic (exact) mass is 184 g/mol. The molecular formula is C8H8OS2. The van der Waals surface area contributed by atoms with E-state index in [2.05, 4.69) is 5.38 Å². The maximum atomic E-state index is 10.5. The predicted molar refractivity (Wildman–Crippen MR) is 48.8 cm³/mol. The molecule has 0 spiro atoms. The van der Waals surface area contributed by atoms with E-state index >= 15 is 0 Å². The maximum absolute atomic E-state index is 10.5. The van der Waals surface area contributed by atoms with E-state index < -0.39 is 0 Å². The Hall–Kier alpha value is -0.280. The van der Waals surface area contributed by atoms with Crippen molar-refractivity contribution >= 4 is 29.4 Å². The second-order valence-corrected chi connectivity index (χ2v) is 4.56. The van der Waals surface area contributed by atoms with Gasteiger partial charge in [-0.15, -0.1) is 23.1 Å². The molecule has 1 aliphatic rings. The van der Waals surface area contributed by atoms with Crippen molar-refractivity contribution in [1.82, 2.24) is 0 Å². The molecule has 3 heteroatoms. The summed E-state index contributed by atoms with van der Waals surface area (Å²) in [6, 6.07) is 0. The van der Waals surface area contributed by atoms with Crippen LogP contribution < -0.4 is 0 Å². The van der Waals surface area contributed by atoms with E-state index in [0.29, 0.717) is 0 Å². The molecule has 2 rings (SSSR count). The van der Waals surface area contributed by atoms with Gasteiger partial charge in [-0.2, -0.15) is 0 Å². The third-order valence-electron chi connectivity index (χ3n) is 1.82. The topological polar surface area (TPSA) is 17.1 Å². The van der Waals surface area contributed by atoms with Crippen LogP contribution in [-0.4, -0.2) is 12.0 Å². The number of thiophene rings is 1. The molecule has 0 aromatic carbocycles. The zero-order chi connectivity index (χ0) is 7.68. The number of thioether (sulfide) groups is 1. The Bertz CT molecular complexity index is 278. The Morgan fingerprint density at radius 2 is 2.45 bits per heavy atom. The van der Waals surface area contributed by atoms with Gasteiger partial charge in [0, 0.05) is 10.3 Å². The highest BCUT2D eigenvalue weighted by Gasteiger charge is 2.14. The number of fused-ring (bicyclic) bond motifs is 1. The van der Waals surface area contributed by atoms with Gasteiger partial charge in [-0.3, -0.25) is 4.79 Å². The van der Waals surface area contributed by atoms with Crippen molar-refractivity contribution in [3.63, 3.8) is 0 Å². The van der Waals surface area contributed by atoms with E-state index in [4.69, 9.17) is 0 Å². The van der Waals surface area contributed by atoms with E-state index in [0.717, 1.165) is 17.6 Å². The molecule has 1 aliphatic heterocycles. The Kier molecular flexibility index (Phi) is 2.00. The van der Waals surface area contributed by atoms with Crippen LogP contribution in [0.3, 0.4) is 0 Å². The van der Waals surface area contributed by atoms with E-state index in [9.17, 15) is 4.79 Å². The summed E-state index contributed by atoms with van der Waals surface area (Å²) in [7, 11) is 0. The summed E-state index contributed by atoms with van der Waals surface area (Å²) in [5.74, 6) is 1.21. The van der Waals surface area contributed by atoms with Gasteiger partial charge >= 0.3 is 0 Å². The van der Waals surface area contributed by atoms with Gasteiger partial charge in [0.15, 0.2) is 6.29 Å². The molecule has 1 nitrogen and oxygen atoms in total. The van der Waals surface area contributed by atoms with Crippen molar-refractivity contribution in [3.05, 3.63) is 15.8 Å². The normalized spacial score (nSPS) is 16.0. The van der Waals surface area contributed by atoms with Crippen molar-refractivity contribution in [2.75, 3.05) is 5.75 Å². The average Bonchev–Trinajstić information content (AvgIpc) is 2.47. The zero-order valence-electron chi connectivity index (χ0n) is 6.00. The largest absolute Gasteiger partial charge is 0.297 e. The first-order chi connectivity index (χ1) is 5.42. The third kappa shape index (κ3) is 1.23. The number of rotatable bonds is 1. The first kappa shape index (κ1) is 7.37. The van der Waals surface area contributed by atoms with Crippen LogP contribution >= 0.6 is 23.1 Å². The fraction of sp³-hybridized carbons (Fsp3) is 0.375. The molecule has 0 saturated heterocycles.